The van der Waals surface area contributed by atoms with Gasteiger partial charge >= 0.3 is 0 Å². The number of carbonyl (C=O) groups is 1. The maximum atomic E-state index is 13.2. The van der Waals surface area contributed by atoms with Crippen molar-refractivity contribution >= 4 is 21.6 Å². The third-order valence-corrected chi connectivity index (χ3v) is 8.53. The van der Waals surface area contributed by atoms with Crippen molar-refractivity contribution in [1.82, 2.24) is 4.31 Å². The van der Waals surface area contributed by atoms with Crippen LogP contribution in [-0.4, -0.2) is 41.6 Å². The van der Waals surface area contributed by atoms with Crippen molar-refractivity contribution in [2.75, 3.05) is 18.1 Å². The minimum atomic E-state index is -3.25. The molecule has 0 aromatic heterocycles. The number of aryl methyl sites for hydroxylation is 1. The van der Waals surface area contributed by atoms with Crippen LogP contribution in [0, 0.1) is 6.92 Å². The molecule has 0 atom stereocenters. The Bertz CT molecular complexity index is 1360. The Labute approximate surface area is 206 Å². The van der Waals surface area contributed by atoms with E-state index in [9.17, 15) is 23.4 Å². The lowest BCUT2D eigenvalue weighted by molar-refractivity contribution is -0.118. The Morgan fingerprint density at radius 1 is 1.00 bits per heavy atom. The third kappa shape index (κ3) is 5.04. The van der Waals surface area contributed by atoms with Gasteiger partial charge in [0, 0.05) is 19.3 Å². The summed E-state index contributed by atoms with van der Waals surface area (Å²) in [7, 11) is -1.67. The van der Waals surface area contributed by atoms with Gasteiger partial charge in [-0.15, -0.1) is 0 Å². The molecule has 3 N–H and O–H groups in total. The molecule has 1 amide bonds. The molecule has 0 bridgehead atoms. The van der Waals surface area contributed by atoms with Crippen LogP contribution in [0.15, 0.2) is 60.7 Å². The molecule has 35 heavy (non-hydrogen) atoms. The van der Waals surface area contributed by atoms with E-state index in [4.69, 9.17) is 0 Å². The van der Waals surface area contributed by atoms with E-state index >= 15 is 0 Å². The highest BCUT2D eigenvalue weighted by atomic mass is 32.2. The second kappa shape index (κ2) is 9.36. The summed E-state index contributed by atoms with van der Waals surface area (Å²) < 4.78 is 25.4. The van der Waals surface area contributed by atoms with Gasteiger partial charge in [0.2, 0.25) is 15.9 Å². The average molecular weight is 495 g/mol. The average Bonchev–Trinajstić information content (AvgIpc) is 3.65. The monoisotopic (exact) mass is 494 g/mol. The van der Waals surface area contributed by atoms with Crippen molar-refractivity contribution in [2.45, 2.75) is 38.6 Å². The molecule has 0 heterocycles. The fourth-order valence-corrected chi connectivity index (χ4v) is 5.01. The zero-order valence-corrected chi connectivity index (χ0v) is 20.9. The molecule has 4 rings (SSSR count). The third-order valence-electron chi connectivity index (χ3n) is 6.72. The number of rotatable bonds is 8. The number of hydrogen-bond donors (Lipinski definition) is 3. The summed E-state index contributed by atoms with van der Waals surface area (Å²) in [4.78, 5) is 13.2. The molecule has 3 aromatic rings. The SMILES string of the molecule is CCS(=O)(=O)N(C)Cc1ccc(-c2cc(NC(=O)C3(c4ccc(O)c(O)c4)CC3)ccc2C)cc1. The Kier molecular flexibility index (Phi) is 6.62. The van der Waals surface area contributed by atoms with Crippen molar-refractivity contribution in [3.8, 4) is 22.6 Å². The van der Waals surface area contributed by atoms with Crippen LogP contribution in [0.5, 0.6) is 11.5 Å². The van der Waals surface area contributed by atoms with E-state index < -0.39 is 15.4 Å². The quantitative estimate of drug-likeness (QED) is 0.399. The first-order valence-electron chi connectivity index (χ1n) is 11.5. The molecule has 1 aliphatic rings. The fraction of sp³-hybridized carbons (Fsp3) is 0.296. The largest absolute Gasteiger partial charge is 0.504 e. The van der Waals surface area contributed by atoms with Gasteiger partial charge in [0.15, 0.2) is 11.5 Å². The summed E-state index contributed by atoms with van der Waals surface area (Å²) in [5.41, 5.74) is 4.52. The minimum Gasteiger partial charge on any atom is -0.504 e. The molecule has 0 aliphatic heterocycles. The van der Waals surface area contributed by atoms with E-state index in [1.54, 1.807) is 20.0 Å². The Balaban J connectivity index is 1.52. The van der Waals surface area contributed by atoms with Crippen LogP contribution in [-0.2, 0) is 26.8 Å². The van der Waals surface area contributed by atoms with Crippen molar-refractivity contribution < 1.29 is 23.4 Å². The summed E-state index contributed by atoms with van der Waals surface area (Å²) in [6, 6.07) is 18.0. The molecule has 0 saturated heterocycles. The van der Waals surface area contributed by atoms with Crippen molar-refractivity contribution in [3.63, 3.8) is 0 Å². The lowest BCUT2D eigenvalue weighted by Crippen LogP contribution is -2.27. The number of nitrogens with one attached hydrogen (secondary N) is 1. The number of anilines is 1. The molecular weight excluding hydrogens is 464 g/mol. The Morgan fingerprint density at radius 3 is 2.29 bits per heavy atom. The van der Waals surface area contributed by atoms with Crippen molar-refractivity contribution in [1.29, 1.82) is 0 Å². The van der Waals surface area contributed by atoms with E-state index in [0.29, 0.717) is 30.6 Å². The topological polar surface area (TPSA) is 107 Å². The molecular formula is C27H30N2O5S. The first-order chi connectivity index (χ1) is 16.6. The number of phenols is 2. The zero-order valence-electron chi connectivity index (χ0n) is 20.1. The number of aromatic hydroxyl groups is 2. The molecule has 0 radical (unpaired) electrons. The van der Waals surface area contributed by atoms with Gasteiger partial charge in [-0.05, 0) is 78.8 Å². The number of amides is 1. The molecule has 1 fully saturated rings. The number of carbonyl (C=O) groups excluding carboxylic acids is 1. The molecule has 1 saturated carbocycles. The Morgan fingerprint density at radius 2 is 1.69 bits per heavy atom. The van der Waals surface area contributed by atoms with Crippen molar-refractivity contribution in [2.24, 2.45) is 0 Å². The van der Waals surface area contributed by atoms with Gasteiger partial charge in [0.05, 0.1) is 11.2 Å². The normalized spacial score (nSPS) is 14.6. The van der Waals surface area contributed by atoms with Crippen LogP contribution in [0.25, 0.3) is 11.1 Å². The number of phenolic OH excluding ortho intramolecular Hbond substituents is 2. The highest BCUT2D eigenvalue weighted by molar-refractivity contribution is 7.89. The number of sulfonamides is 1. The van der Waals surface area contributed by atoms with E-state index in [-0.39, 0.29) is 23.2 Å². The van der Waals surface area contributed by atoms with Crippen molar-refractivity contribution in [3.05, 3.63) is 77.4 Å². The molecule has 0 unspecified atom stereocenters. The molecule has 8 heteroatoms. The smallest absolute Gasteiger partial charge is 0.235 e. The van der Waals surface area contributed by atoms with Crippen LogP contribution in [0.1, 0.15) is 36.5 Å². The summed E-state index contributed by atoms with van der Waals surface area (Å²) >= 11 is 0. The van der Waals surface area contributed by atoms with Gasteiger partial charge in [-0.2, -0.15) is 0 Å². The highest BCUT2D eigenvalue weighted by Gasteiger charge is 2.51. The first-order valence-corrected chi connectivity index (χ1v) is 13.1. The molecule has 1 aliphatic carbocycles. The lowest BCUT2D eigenvalue weighted by Gasteiger charge is -2.18. The summed E-state index contributed by atoms with van der Waals surface area (Å²) in [6.07, 6.45) is 1.34. The van der Waals surface area contributed by atoms with Gasteiger partial charge in [0.25, 0.3) is 0 Å². The maximum absolute atomic E-state index is 13.2. The van der Waals surface area contributed by atoms with Gasteiger partial charge in [-0.1, -0.05) is 36.4 Å². The lowest BCUT2D eigenvalue weighted by atomic mass is 9.94. The second-order valence-corrected chi connectivity index (χ2v) is 11.5. The summed E-state index contributed by atoms with van der Waals surface area (Å²) in [5, 5.41) is 22.5. The molecule has 7 nitrogen and oxygen atoms in total. The maximum Gasteiger partial charge on any atom is 0.235 e. The van der Waals surface area contributed by atoms with Gasteiger partial charge in [0.1, 0.15) is 0 Å². The number of benzene rings is 3. The van der Waals surface area contributed by atoms with Crippen LogP contribution >= 0.6 is 0 Å². The van der Waals surface area contributed by atoms with E-state index in [0.717, 1.165) is 22.3 Å². The van der Waals surface area contributed by atoms with E-state index in [1.807, 2.05) is 49.4 Å². The van der Waals surface area contributed by atoms with Crippen LogP contribution in [0.2, 0.25) is 0 Å². The molecule has 184 valence electrons. The van der Waals surface area contributed by atoms with Gasteiger partial charge < -0.3 is 15.5 Å². The zero-order chi connectivity index (χ0) is 25.4. The number of hydrogen-bond acceptors (Lipinski definition) is 5. The van der Waals surface area contributed by atoms with Gasteiger partial charge in [-0.25, -0.2) is 12.7 Å². The second-order valence-electron chi connectivity index (χ2n) is 9.12. The predicted molar refractivity (Wildman–Crippen MR) is 137 cm³/mol. The first kappa shape index (κ1) is 24.8. The van der Waals surface area contributed by atoms with Crippen LogP contribution in [0.4, 0.5) is 5.69 Å². The molecule has 3 aromatic carbocycles. The van der Waals surface area contributed by atoms with Crippen LogP contribution < -0.4 is 5.32 Å². The van der Waals surface area contributed by atoms with Gasteiger partial charge in [-0.3, -0.25) is 4.79 Å². The summed E-state index contributed by atoms with van der Waals surface area (Å²) in [5.74, 6) is -0.527. The summed E-state index contributed by atoms with van der Waals surface area (Å²) in [6.45, 7) is 3.93. The number of nitrogens with zero attached hydrogens (tertiary/aromatic N) is 1. The van der Waals surface area contributed by atoms with Crippen LogP contribution in [0.3, 0.4) is 0 Å². The molecule has 0 spiro atoms. The minimum absolute atomic E-state index is 0.0640. The fourth-order valence-electron chi connectivity index (χ4n) is 4.22. The highest BCUT2D eigenvalue weighted by Crippen LogP contribution is 2.50. The standard InChI is InChI=1S/C27H30N2O5S/c1-4-35(33,34)29(3)17-19-6-8-20(9-7-19)23-16-22(11-5-18(23)2)28-26(32)27(13-14-27)21-10-12-24(30)25(31)15-21/h5-12,15-16,30-31H,4,13-14,17H2,1-3H3,(H,28,32). The Hall–Kier alpha value is -3.36. The predicted octanol–water partition coefficient (Wildman–Crippen LogP) is 4.53. The van der Waals surface area contributed by atoms with E-state index in [2.05, 4.69) is 5.32 Å². The van der Waals surface area contributed by atoms with E-state index in [1.165, 1.54) is 16.4 Å².